The molecule has 1 aromatic heterocycles. The number of aryl methyl sites for hydroxylation is 3. The molecule has 35 heavy (non-hydrogen) atoms. The van der Waals surface area contributed by atoms with Crippen molar-refractivity contribution in [1.82, 2.24) is 19.4 Å². The Morgan fingerprint density at radius 1 is 1.11 bits per heavy atom. The molecule has 2 N–H and O–H groups in total. The Morgan fingerprint density at radius 3 is 2.34 bits per heavy atom. The van der Waals surface area contributed by atoms with Gasteiger partial charge in [-0.2, -0.15) is 18.2 Å². The third-order valence-corrected chi connectivity index (χ3v) is 8.74. The minimum absolute atomic E-state index is 0.119. The van der Waals surface area contributed by atoms with E-state index >= 15 is 0 Å². The quantitative estimate of drug-likeness (QED) is 0.551. The van der Waals surface area contributed by atoms with Gasteiger partial charge in [0.1, 0.15) is 0 Å². The Morgan fingerprint density at radius 2 is 1.77 bits per heavy atom. The topological polar surface area (TPSA) is 99.6 Å². The van der Waals surface area contributed by atoms with Crippen LogP contribution < -0.4 is 14.3 Å². The zero-order chi connectivity index (χ0) is 24.7. The number of carbonyl (C=O) groups is 1. The van der Waals surface area contributed by atoms with Crippen molar-refractivity contribution in [3.05, 3.63) is 52.4 Å². The number of likely N-dealkylation sites (N-methyl/N-ethyl adjacent to an activating group) is 1. The van der Waals surface area contributed by atoms with Gasteiger partial charge < -0.3 is 10.2 Å². The third kappa shape index (κ3) is 4.87. The number of anilines is 2. The van der Waals surface area contributed by atoms with Crippen LogP contribution in [0.2, 0.25) is 0 Å². The summed E-state index contributed by atoms with van der Waals surface area (Å²) in [5.74, 6) is -0.119. The summed E-state index contributed by atoms with van der Waals surface area (Å²) >= 11 is 0. The molecule has 1 amide bonds. The van der Waals surface area contributed by atoms with Gasteiger partial charge >= 0.3 is 10.2 Å². The number of fused-ring (bicyclic) bond motifs is 2. The van der Waals surface area contributed by atoms with Gasteiger partial charge in [-0.3, -0.25) is 13.8 Å². The number of carbonyl (C=O) groups excluding carboxylic acids is 1. The fourth-order valence-corrected chi connectivity index (χ4v) is 6.68. The fraction of sp³-hybridized carbons (Fsp3) is 0.520. The van der Waals surface area contributed by atoms with Crippen LogP contribution in [0.5, 0.6) is 0 Å². The fourth-order valence-electron chi connectivity index (χ4n) is 5.32. The Balaban J connectivity index is 1.28. The highest BCUT2D eigenvalue weighted by Gasteiger charge is 2.33. The van der Waals surface area contributed by atoms with Gasteiger partial charge in [0, 0.05) is 43.6 Å². The van der Waals surface area contributed by atoms with Gasteiger partial charge in [0.15, 0.2) is 0 Å². The zero-order valence-corrected chi connectivity index (χ0v) is 21.5. The van der Waals surface area contributed by atoms with E-state index in [2.05, 4.69) is 21.2 Å². The summed E-state index contributed by atoms with van der Waals surface area (Å²) in [6, 6.07) is 1.93. The molecule has 0 fully saturated rings. The third-order valence-electron chi connectivity index (χ3n) is 7.17. The first-order valence-corrected chi connectivity index (χ1v) is 13.8. The van der Waals surface area contributed by atoms with Gasteiger partial charge in [-0.25, -0.2) is 0 Å². The SMILES string of the molecule is CN(C)CCN(c1cnn(C)c1)S(=O)(=O)NC1C=C(C(=O)Nc2c3c(cc4c2CCC4)CCC3)C1. The van der Waals surface area contributed by atoms with Gasteiger partial charge in [-0.05, 0) is 81.3 Å². The molecule has 2 aromatic rings. The molecular weight excluding hydrogens is 464 g/mol. The molecule has 0 spiro atoms. The number of hydrogen-bond acceptors (Lipinski definition) is 5. The average Bonchev–Trinajstić information content (AvgIpc) is 3.51. The zero-order valence-electron chi connectivity index (χ0n) is 20.7. The lowest BCUT2D eigenvalue weighted by atomic mass is 9.92. The predicted octanol–water partition coefficient (Wildman–Crippen LogP) is 1.94. The van der Waals surface area contributed by atoms with Crippen molar-refractivity contribution >= 4 is 27.5 Å². The second-order valence-corrected chi connectivity index (χ2v) is 11.7. The maximum atomic E-state index is 13.2. The second-order valence-electron chi connectivity index (χ2n) is 10.1. The molecule has 0 radical (unpaired) electrons. The van der Waals surface area contributed by atoms with Crippen molar-refractivity contribution < 1.29 is 13.2 Å². The van der Waals surface area contributed by atoms with E-state index in [9.17, 15) is 13.2 Å². The molecular formula is C25H34N6O3S. The van der Waals surface area contributed by atoms with Gasteiger partial charge in [-0.1, -0.05) is 12.1 Å². The summed E-state index contributed by atoms with van der Waals surface area (Å²) in [6.07, 6.45) is 11.8. The number of benzene rings is 1. The van der Waals surface area contributed by atoms with E-state index in [-0.39, 0.29) is 5.91 Å². The Labute approximate surface area is 207 Å². The van der Waals surface area contributed by atoms with Crippen molar-refractivity contribution in [3.63, 3.8) is 0 Å². The van der Waals surface area contributed by atoms with Crippen LogP contribution in [0.4, 0.5) is 11.4 Å². The molecule has 3 aliphatic carbocycles. The lowest BCUT2D eigenvalue weighted by Crippen LogP contribution is -2.49. The maximum Gasteiger partial charge on any atom is 0.302 e. The number of aromatic nitrogens is 2. The molecule has 0 saturated carbocycles. The highest BCUT2D eigenvalue weighted by molar-refractivity contribution is 7.90. The van der Waals surface area contributed by atoms with Crippen molar-refractivity contribution in [2.24, 2.45) is 7.05 Å². The summed E-state index contributed by atoms with van der Waals surface area (Å²) in [7, 11) is 1.74. The number of amides is 1. The Kier molecular flexibility index (Phi) is 6.45. The lowest BCUT2D eigenvalue weighted by molar-refractivity contribution is -0.113. The van der Waals surface area contributed by atoms with Gasteiger partial charge in [0.2, 0.25) is 0 Å². The van der Waals surface area contributed by atoms with Crippen LogP contribution in [0.1, 0.15) is 41.5 Å². The van der Waals surface area contributed by atoms with Gasteiger partial charge in [-0.15, -0.1) is 0 Å². The first-order valence-electron chi connectivity index (χ1n) is 12.3. The van der Waals surface area contributed by atoms with Gasteiger partial charge in [0.25, 0.3) is 5.91 Å². The largest absolute Gasteiger partial charge is 0.322 e. The summed E-state index contributed by atoms with van der Waals surface area (Å²) < 4.78 is 32.1. The molecule has 0 saturated heterocycles. The molecule has 188 valence electrons. The summed E-state index contributed by atoms with van der Waals surface area (Å²) in [4.78, 5) is 15.0. The van der Waals surface area contributed by atoms with Crippen LogP contribution >= 0.6 is 0 Å². The number of nitrogens with zero attached hydrogens (tertiary/aromatic N) is 4. The highest BCUT2D eigenvalue weighted by Crippen LogP contribution is 2.39. The number of rotatable bonds is 9. The second kappa shape index (κ2) is 9.40. The van der Waals surface area contributed by atoms with Gasteiger partial charge in [0.05, 0.1) is 11.9 Å². The molecule has 1 atom stereocenters. The Bertz CT molecular complexity index is 1250. The minimum Gasteiger partial charge on any atom is -0.322 e. The van der Waals surface area contributed by atoms with Crippen LogP contribution in [0.3, 0.4) is 0 Å². The highest BCUT2D eigenvalue weighted by atomic mass is 32.2. The van der Waals surface area contributed by atoms with Crippen LogP contribution in [0.15, 0.2) is 30.1 Å². The van der Waals surface area contributed by atoms with Crippen molar-refractivity contribution in [2.45, 2.75) is 51.0 Å². The summed E-state index contributed by atoms with van der Waals surface area (Å²) in [5, 5.41) is 7.32. The number of hydrogen-bond donors (Lipinski definition) is 2. The number of nitrogens with one attached hydrogen (secondary N) is 2. The molecule has 1 unspecified atom stereocenters. The van der Waals surface area contributed by atoms with E-state index in [0.717, 1.165) is 44.2 Å². The van der Waals surface area contributed by atoms with E-state index in [4.69, 9.17) is 0 Å². The monoisotopic (exact) mass is 498 g/mol. The van der Waals surface area contributed by atoms with E-state index in [1.807, 2.05) is 19.0 Å². The normalized spacial score (nSPS) is 18.7. The average molecular weight is 499 g/mol. The molecule has 0 aliphatic heterocycles. The van der Waals surface area contributed by atoms with E-state index in [1.165, 1.54) is 26.6 Å². The molecule has 1 aromatic carbocycles. The molecule has 5 rings (SSSR count). The first-order chi connectivity index (χ1) is 16.7. The Hall–Kier alpha value is -2.69. The summed E-state index contributed by atoms with van der Waals surface area (Å²) in [5.41, 5.74) is 7.50. The van der Waals surface area contributed by atoms with Crippen molar-refractivity contribution in [2.75, 3.05) is 36.8 Å². The molecule has 1 heterocycles. The van der Waals surface area contributed by atoms with E-state index < -0.39 is 16.3 Å². The van der Waals surface area contributed by atoms with Crippen LogP contribution in [-0.4, -0.2) is 62.2 Å². The van der Waals surface area contributed by atoms with E-state index in [1.54, 1.807) is 30.2 Å². The van der Waals surface area contributed by atoms with Crippen LogP contribution in [0.25, 0.3) is 0 Å². The maximum absolute atomic E-state index is 13.2. The minimum atomic E-state index is -3.81. The van der Waals surface area contributed by atoms with Crippen LogP contribution in [0, 0.1) is 0 Å². The van der Waals surface area contributed by atoms with E-state index in [0.29, 0.717) is 30.8 Å². The van der Waals surface area contributed by atoms with Crippen molar-refractivity contribution in [3.8, 4) is 0 Å². The molecule has 9 nitrogen and oxygen atoms in total. The molecule has 3 aliphatic rings. The standard InChI is InChI=1S/C25H34N6O3S/c1-29(2)10-11-31(21-15-26-30(3)16-21)35(33,34)28-20-13-19(14-20)25(32)27-24-22-8-4-6-17(22)12-18-7-5-9-23(18)24/h12-13,15-16,20,28H,4-11,14H2,1-3H3,(H,27,32). The van der Waals surface area contributed by atoms with Crippen molar-refractivity contribution in [1.29, 1.82) is 0 Å². The van der Waals surface area contributed by atoms with Crippen LogP contribution in [-0.2, 0) is 47.7 Å². The lowest BCUT2D eigenvalue weighted by Gasteiger charge is -2.30. The summed E-state index contributed by atoms with van der Waals surface area (Å²) in [6.45, 7) is 0.859. The molecule has 0 bridgehead atoms. The molecule has 10 heteroatoms. The smallest absolute Gasteiger partial charge is 0.302 e. The predicted molar refractivity (Wildman–Crippen MR) is 137 cm³/mol. The first kappa shape index (κ1) is 24.0.